The fourth-order valence-corrected chi connectivity index (χ4v) is 1.70. The first-order valence-electron chi connectivity index (χ1n) is 5.55. The van der Waals surface area contributed by atoms with Crippen molar-refractivity contribution in [2.75, 3.05) is 5.32 Å². The second-order valence-electron chi connectivity index (χ2n) is 4.54. The summed E-state index contributed by atoms with van der Waals surface area (Å²) >= 11 is 0. The summed E-state index contributed by atoms with van der Waals surface area (Å²) in [5.41, 5.74) is 5.08. The molecule has 1 heterocycles. The molecule has 5 nitrogen and oxygen atoms in total. The molecule has 1 amide bonds. The first-order valence-corrected chi connectivity index (χ1v) is 5.55. The third kappa shape index (κ3) is 4.33. The normalized spacial score (nSPS) is 12.8. The Morgan fingerprint density at radius 2 is 2.25 bits per heavy atom. The lowest BCUT2D eigenvalue weighted by Gasteiger charge is -2.14. The minimum Gasteiger partial charge on any atom is -0.368 e. The highest BCUT2D eigenvalue weighted by Crippen LogP contribution is 2.10. The van der Waals surface area contributed by atoms with Crippen molar-refractivity contribution in [1.29, 1.82) is 0 Å². The molecule has 0 radical (unpaired) electrons. The summed E-state index contributed by atoms with van der Waals surface area (Å²) in [5.74, 6) is 1.05. The van der Waals surface area contributed by atoms with Gasteiger partial charge in [-0.05, 0) is 19.3 Å². The van der Waals surface area contributed by atoms with Crippen molar-refractivity contribution in [3.63, 3.8) is 0 Å². The van der Waals surface area contributed by atoms with Gasteiger partial charge in [-0.1, -0.05) is 13.8 Å². The highest BCUT2D eigenvalue weighted by molar-refractivity contribution is 5.73. The van der Waals surface area contributed by atoms with Crippen LogP contribution in [0, 0.1) is 5.92 Å². The maximum atomic E-state index is 10.7. The second-order valence-corrected chi connectivity index (χ2v) is 4.54. The Balaban J connectivity index is 2.48. The van der Waals surface area contributed by atoms with Crippen LogP contribution in [0.25, 0.3) is 0 Å². The van der Waals surface area contributed by atoms with E-state index in [0.29, 0.717) is 12.0 Å². The molecule has 16 heavy (non-hydrogen) atoms. The average molecular weight is 224 g/mol. The van der Waals surface area contributed by atoms with Crippen LogP contribution in [0.2, 0.25) is 0 Å². The number of hydrogen-bond acceptors (Lipinski definition) is 3. The van der Waals surface area contributed by atoms with Crippen LogP contribution in [0.4, 0.5) is 5.82 Å². The van der Waals surface area contributed by atoms with Crippen molar-refractivity contribution >= 4 is 11.7 Å². The van der Waals surface area contributed by atoms with E-state index >= 15 is 0 Å². The predicted molar refractivity (Wildman–Crippen MR) is 64.0 cm³/mol. The number of nitrogens with zero attached hydrogens (tertiary/aromatic N) is 2. The fourth-order valence-electron chi connectivity index (χ4n) is 1.70. The van der Waals surface area contributed by atoms with Crippen molar-refractivity contribution in [3.05, 3.63) is 12.3 Å². The Kier molecular flexibility index (Phi) is 4.34. The Morgan fingerprint density at radius 3 is 2.81 bits per heavy atom. The van der Waals surface area contributed by atoms with E-state index in [1.807, 2.05) is 6.07 Å². The molecule has 90 valence electrons. The number of primary amides is 1. The number of hydrogen-bond donors (Lipinski definition) is 2. The van der Waals surface area contributed by atoms with Crippen LogP contribution >= 0.6 is 0 Å². The predicted octanol–water partition coefficient (Wildman–Crippen LogP) is 1.21. The molecule has 1 unspecified atom stereocenters. The van der Waals surface area contributed by atoms with Crippen LogP contribution in [0.5, 0.6) is 0 Å². The van der Waals surface area contributed by atoms with E-state index in [9.17, 15) is 4.79 Å². The zero-order valence-electron chi connectivity index (χ0n) is 10.1. The van der Waals surface area contributed by atoms with Crippen LogP contribution in [0.15, 0.2) is 12.3 Å². The largest absolute Gasteiger partial charge is 0.368 e. The Hall–Kier alpha value is -1.52. The fraction of sp³-hybridized carbons (Fsp3) is 0.636. The number of aromatic nitrogens is 2. The SMILES string of the molecule is CC(C)CC(C)Nc1ccn(CC(N)=O)n1. The number of amides is 1. The van der Waals surface area contributed by atoms with Gasteiger partial charge in [-0.25, -0.2) is 0 Å². The van der Waals surface area contributed by atoms with Crippen molar-refractivity contribution in [3.8, 4) is 0 Å². The number of carbonyl (C=O) groups is 1. The molecule has 3 N–H and O–H groups in total. The molecule has 1 aromatic heterocycles. The minimum absolute atomic E-state index is 0.125. The summed E-state index contributed by atoms with van der Waals surface area (Å²) in [7, 11) is 0. The molecule has 0 aliphatic rings. The number of nitrogens with one attached hydrogen (secondary N) is 1. The average Bonchev–Trinajstić information content (AvgIpc) is 2.49. The maximum Gasteiger partial charge on any atom is 0.239 e. The summed E-state index contributed by atoms with van der Waals surface area (Å²) in [4.78, 5) is 10.7. The van der Waals surface area contributed by atoms with Gasteiger partial charge in [0.1, 0.15) is 12.4 Å². The lowest BCUT2D eigenvalue weighted by molar-refractivity contribution is -0.118. The zero-order valence-corrected chi connectivity index (χ0v) is 10.1. The van der Waals surface area contributed by atoms with Crippen LogP contribution in [0.3, 0.4) is 0 Å². The molecule has 1 rings (SSSR count). The van der Waals surface area contributed by atoms with Gasteiger partial charge in [0.25, 0.3) is 0 Å². The van der Waals surface area contributed by atoms with Crippen molar-refractivity contribution in [2.45, 2.75) is 39.8 Å². The summed E-state index contributed by atoms with van der Waals surface area (Å²) in [6, 6.07) is 2.22. The molecule has 1 atom stereocenters. The van der Waals surface area contributed by atoms with Gasteiger partial charge in [0.05, 0.1) is 0 Å². The molecule has 1 aromatic rings. The van der Waals surface area contributed by atoms with E-state index in [1.54, 1.807) is 6.20 Å². The van der Waals surface area contributed by atoms with E-state index in [1.165, 1.54) is 4.68 Å². The maximum absolute atomic E-state index is 10.7. The first-order chi connectivity index (χ1) is 7.47. The molecular formula is C11H20N4O. The van der Waals surface area contributed by atoms with Gasteiger partial charge < -0.3 is 11.1 Å². The highest BCUT2D eigenvalue weighted by Gasteiger charge is 2.07. The van der Waals surface area contributed by atoms with E-state index in [0.717, 1.165) is 12.2 Å². The third-order valence-electron chi connectivity index (χ3n) is 2.18. The van der Waals surface area contributed by atoms with E-state index in [4.69, 9.17) is 5.73 Å². The topological polar surface area (TPSA) is 72.9 Å². The Bertz CT molecular complexity index is 346. The lowest BCUT2D eigenvalue weighted by atomic mass is 10.1. The molecule has 0 saturated heterocycles. The van der Waals surface area contributed by atoms with E-state index in [2.05, 4.69) is 31.2 Å². The Labute approximate surface area is 96.0 Å². The van der Waals surface area contributed by atoms with Gasteiger partial charge in [-0.3, -0.25) is 9.48 Å². The van der Waals surface area contributed by atoms with E-state index in [-0.39, 0.29) is 12.5 Å². The van der Waals surface area contributed by atoms with Crippen LogP contribution in [0.1, 0.15) is 27.2 Å². The summed E-state index contributed by atoms with van der Waals surface area (Å²) in [6.45, 7) is 6.61. The summed E-state index contributed by atoms with van der Waals surface area (Å²) in [6.07, 6.45) is 2.83. The molecule has 0 spiro atoms. The van der Waals surface area contributed by atoms with Gasteiger partial charge >= 0.3 is 0 Å². The van der Waals surface area contributed by atoms with Gasteiger partial charge in [-0.15, -0.1) is 0 Å². The van der Waals surface area contributed by atoms with Crippen LogP contribution in [-0.2, 0) is 11.3 Å². The molecule has 0 bridgehead atoms. The number of anilines is 1. The highest BCUT2D eigenvalue weighted by atomic mass is 16.1. The number of carbonyl (C=O) groups excluding carboxylic acids is 1. The first kappa shape index (κ1) is 12.5. The van der Waals surface area contributed by atoms with Gasteiger partial charge in [0, 0.05) is 18.3 Å². The van der Waals surface area contributed by atoms with Gasteiger partial charge in [0.2, 0.25) is 5.91 Å². The third-order valence-corrected chi connectivity index (χ3v) is 2.18. The summed E-state index contributed by atoms with van der Waals surface area (Å²) in [5, 5.41) is 7.49. The standard InChI is InChI=1S/C11H20N4O/c1-8(2)6-9(3)13-11-4-5-15(14-11)7-10(12)16/h4-5,8-9H,6-7H2,1-3H3,(H2,12,16)(H,13,14). The molecule has 0 aliphatic heterocycles. The number of rotatable bonds is 6. The molecule has 5 heteroatoms. The van der Waals surface area contributed by atoms with Gasteiger partial charge in [-0.2, -0.15) is 5.10 Å². The zero-order chi connectivity index (χ0) is 12.1. The molecule has 0 aromatic carbocycles. The lowest BCUT2D eigenvalue weighted by Crippen LogP contribution is -2.20. The Morgan fingerprint density at radius 1 is 1.56 bits per heavy atom. The monoisotopic (exact) mass is 224 g/mol. The molecule has 0 aliphatic carbocycles. The molecular weight excluding hydrogens is 204 g/mol. The smallest absolute Gasteiger partial charge is 0.239 e. The summed E-state index contributed by atoms with van der Waals surface area (Å²) < 4.78 is 1.53. The molecule has 0 fully saturated rings. The van der Waals surface area contributed by atoms with Gasteiger partial charge in [0.15, 0.2) is 0 Å². The van der Waals surface area contributed by atoms with Crippen LogP contribution in [-0.4, -0.2) is 21.7 Å². The van der Waals surface area contributed by atoms with Crippen molar-refractivity contribution in [2.24, 2.45) is 11.7 Å². The quantitative estimate of drug-likeness (QED) is 0.763. The minimum atomic E-state index is -0.384. The number of nitrogens with two attached hydrogens (primary N) is 1. The van der Waals surface area contributed by atoms with Crippen molar-refractivity contribution < 1.29 is 4.79 Å². The van der Waals surface area contributed by atoms with E-state index < -0.39 is 0 Å². The van der Waals surface area contributed by atoms with Crippen molar-refractivity contribution in [1.82, 2.24) is 9.78 Å². The molecule has 0 saturated carbocycles. The van der Waals surface area contributed by atoms with Crippen LogP contribution < -0.4 is 11.1 Å². The second kappa shape index (κ2) is 5.53.